The van der Waals surface area contributed by atoms with E-state index in [-0.39, 0.29) is 0 Å². The summed E-state index contributed by atoms with van der Waals surface area (Å²) in [5, 5.41) is 4.58. The van der Waals surface area contributed by atoms with Crippen LogP contribution in [0.3, 0.4) is 0 Å². The lowest BCUT2D eigenvalue weighted by Gasteiger charge is -2.07. The molecular formula is C16H13IN2. The fraction of sp³-hybridized carbons (Fsp3) is 0.0625. The number of anilines is 1. The van der Waals surface area contributed by atoms with E-state index in [9.17, 15) is 0 Å². The number of rotatable bonds is 3. The molecule has 3 aromatic rings. The minimum Gasteiger partial charge on any atom is -0.379 e. The Balaban J connectivity index is 1.78. The molecule has 0 atom stereocenters. The minimum atomic E-state index is 0.741. The molecule has 19 heavy (non-hydrogen) atoms. The molecule has 1 heterocycles. The zero-order chi connectivity index (χ0) is 13.1. The van der Waals surface area contributed by atoms with Gasteiger partial charge in [-0.2, -0.15) is 0 Å². The monoisotopic (exact) mass is 360 g/mol. The van der Waals surface area contributed by atoms with Crippen molar-refractivity contribution in [1.29, 1.82) is 0 Å². The summed E-state index contributed by atoms with van der Waals surface area (Å²) in [4.78, 5) is 4.65. The largest absolute Gasteiger partial charge is 0.379 e. The molecule has 94 valence electrons. The molecule has 2 nitrogen and oxygen atoms in total. The Morgan fingerprint density at radius 2 is 1.84 bits per heavy atom. The van der Waals surface area contributed by atoms with Gasteiger partial charge in [-0.25, -0.2) is 0 Å². The molecule has 0 saturated heterocycles. The minimum absolute atomic E-state index is 0.741. The van der Waals surface area contributed by atoms with Crippen molar-refractivity contribution in [1.82, 2.24) is 4.98 Å². The molecule has 0 radical (unpaired) electrons. The van der Waals surface area contributed by atoms with E-state index < -0.39 is 0 Å². The fourth-order valence-corrected chi connectivity index (χ4v) is 2.54. The molecule has 0 unspecified atom stereocenters. The van der Waals surface area contributed by atoms with E-state index in [0.717, 1.165) is 23.4 Å². The fourth-order valence-electron chi connectivity index (χ4n) is 2.00. The number of nitrogens with one attached hydrogen (secondary N) is 1. The predicted molar refractivity (Wildman–Crippen MR) is 88.2 cm³/mol. The summed E-state index contributed by atoms with van der Waals surface area (Å²) >= 11 is 2.32. The summed E-state index contributed by atoms with van der Waals surface area (Å²) in [7, 11) is 0. The van der Waals surface area contributed by atoms with Crippen LogP contribution < -0.4 is 5.32 Å². The van der Waals surface area contributed by atoms with E-state index in [1.807, 2.05) is 18.2 Å². The topological polar surface area (TPSA) is 24.9 Å². The molecule has 0 aliphatic carbocycles. The van der Waals surface area contributed by atoms with Gasteiger partial charge in [0.15, 0.2) is 0 Å². The molecule has 3 rings (SSSR count). The maximum absolute atomic E-state index is 4.65. The lowest BCUT2D eigenvalue weighted by Crippen LogP contribution is -2.01. The van der Waals surface area contributed by atoms with E-state index in [4.69, 9.17) is 0 Å². The molecule has 0 fully saturated rings. The van der Waals surface area contributed by atoms with Gasteiger partial charge in [0.25, 0.3) is 0 Å². The van der Waals surface area contributed by atoms with Crippen LogP contribution in [0.2, 0.25) is 0 Å². The van der Waals surface area contributed by atoms with Gasteiger partial charge < -0.3 is 5.32 Å². The van der Waals surface area contributed by atoms with Crippen molar-refractivity contribution in [3.8, 4) is 0 Å². The summed E-state index contributed by atoms with van der Waals surface area (Å²) in [6, 6.07) is 20.7. The van der Waals surface area contributed by atoms with Gasteiger partial charge in [-0.15, -0.1) is 0 Å². The number of pyridine rings is 1. The average molecular weight is 360 g/mol. The number of aromatic nitrogens is 1. The van der Waals surface area contributed by atoms with Crippen LogP contribution in [-0.4, -0.2) is 4.98 Å². The molecule has 1 N–H and O–H groups in total. The summed E-state index contributed by atoms with van der Waals surface area (Å²) in [5.74, 6) is 0. The van der Waals surface area contributed by atoms with E-state index in [2.05, 4.69) is 75.4 Å². The van der Waals surface area contributed by atoms with Crippen LogP contribution in [0.25, 0.3) is 10.9 Å². The Morgan fingerprint density at radius 1 is 0.947 bits per heavy atom. The van der Waals surface area contributed by atoms with Crippen LogP contribution in [0.15, 0.2) is 60.7 Å². The molecule has 0 amide bonds. The normalized spacial score (nSPS) is 10.6. The van der Waals surface area contributed by atoms with Crippen LogP contribution >= 0.6 is 22.6 Å². The van der Waals surface area contributed by atoms with E-state index in [0.29, 0.717) is 0 Å². The van der Waals surface area contributed by atoms with Crippen LogP contribution in [0.5, 0.6) is 0 Å². The van der Waals surface area contributed by atoms with Gasteiger partial charge in [0.1, 0.15) is 0 Å². The third kappa shape index (κ3) is 3.04. The third-order valence-electron chi connectivity index (χ3n) is 2.95. The Hall–Kier alpha value is -1.62. The van der Waals surface area contributed by atoms with Crippen molar-refractivity contribution in [2.75, 3.05) is 5.32 Å². The molecule has 1 aromatic heterocycles. The lowest BCUT2D eigenvalue weighted by atomic mass is 10.2. The highest BCUT2D eigenvalue weighted by atomic mass is 127. The van der Waals surface area contributed by atoms with Crippen molar-refractivity contribution in [3.63, 3.8) is 0 Å². The maximum atomic E-state index is 4.65. The highest BCUT2D eigenvalue weighted by Gasteiger charge is 1.98. The molecule has 0 bridgehead atoms. The van der Waals surface area contributed by atoms with Gasteiger partial charge in [-0.05, 0) is 52.9 Å². The number of nitrogens with zero attached hydrogens (tertiary/aromatic N) is 1. The molecule has 0 aliphatic heterocycles. The van der Waals surface area contributed by atoms with E-state index in [1.54, 1.807) is 0 Å². The van der Waals surface area contributed by atoms with Gasteiger partial charge in [-0.1, -0.05) is 30.3 Å². The van der Waals surface area contributed by atoms with Crippen molar-refractivity contribution in [2.24, 2.45) is 0 Å². The second kappa shape index (κ2) is 5.57. The summed E-state index contributed by atoms with van der Waals surface area (Å²) in [6.07, 6.45) is 0. The second-order valence-electron chi connectivity index (χ2n) is 4.36. The SMILES string of the molecule is Ic1cccc(NCc2ccc3ccccc3n2)c1. The Morgan fingerprint density at radius 3 is 2.74 bits per heavy atom. The molecule has 3 heteroatoms. The quantitative estimate of drug-likeness (QED) is 0.698. The second-order valence-corrected chi connectivity index (χ2v) is 5.60. The maximum Gasteiger partial charge on any atom is 0.0706 e. The number of hydrogen-bond donors (Lipinski definition) is 1. The van der Waals surface area contributed by atoms with Crippen molar-refractivity contribution in [2.45, 2.75) is 6.54 Å². The molecule has 0 aliphatic rings. The van der Waals surface area contributed by atoms with Gasteiger partial charge in [0.05, 0.1) is 17.8 Å². The first-order valence-electron chi connectivity index (χ1n) is 6.15. The first-order chi connectivity index (χ1) is 9.31. The zero-order valence-corrected chi connectivity index (χ0v) is 12.5. The van der Waals surface area contributed by atoms with Crippen LogP contribution in [0, 0.1) is 3.57 Å². The summed E-state index contributed by atoms with van der Waals surface area (Å²) < 4.78 is 1.23. The van der Waals surface area contributed by atoms with Gasteiger partial charge in [-0.3, -0.25) is 4.98 Å². The van der Waals surface area contributed by atoms with Crippen molar-refractivity contribution < 1.29 is 0 Å². The molecule has 0 saturated carbocycles. The molecule has 0 spiro atoms. The van der Waals surface area contributed by atoms with Crippen LogP contribution in [0.4, 0.5) is 5.69 Å². The Bertz CT molecular complexity index is 710. The van der Waals surface area contributed by atoms with E-state index >= 15 is 0 Å². The number of halogens is 1. The summed E-state index contributed by atoms with van der Waals surface area (Å²) in [6.45, 7) is 0.741. The van der Waals surface area contributed by atoms with Crippen molar-refractivity contribution in [3.05, 3.63) is 69.9 Å². The molecule has 2 aromatic carbocycles. The van der Waals surface area contributed by atoms with Crippen LogP contribution in [0.1, 0.15) is 5.69 Å². The third-order valence-corrected chi connectivity index (χ3v) is 3.63. The number of fused-ring (bicyclic) bond motifs is 1. The lowest BCUT2D eigenvalue weighted by molar-refractivity contribution is 1.07. The van der Waals surface area contributed by atoms with Gasteiger partial charge in [0.2, 0.25) is 0 Å². The van der Waals surface area contributed by atoms with Gasteiger partial charge >= 0.3 is 0 Å². The highest BCUT2D eigenvalue weighted by Crippen LogP contribution is 2.15. The smallest absolute Gasteiger partial charge is 0.0706 e. The van der Waals surface area contributed by atoms with Gasteiger partial charge in [0, 0.05) is 14.6 Å². The summed E-state index contributed by atoms with van der Waals surface area (Å²) in [5.41, 5.74) is 3.23. The number of benzene rings is 2. The Kier molecular flexibility index (Phi) is 3.64. The number of para-hydroxylation sites is 1. The van der Waals surface area contributed by atoms with Crippen LogP contribution in [-0.2, 0) is 6.54 Å². The molecular weight excluding hydrogens is 347 g/mol. The van der Waals surface area contributed by atoms with E-state index in [1.165, 1.54) is 8.96 Å². The highest BCUT2D eigenvalue weighted by molar-refractivity contribution is 14.1. The first-order valence-corrected chi connectivity index (χ1v) is 7.23. The average Bonchev–Trinajstić information content (AvgIpc) is 2.45. The standard InChI is InChI=1S/C16H13IN2/c17-13-5-3-6-14(10-13)18-11-15-9-8-12-4-1-2-7-16(12)19-15/h1-10,18H,11H2. The zero-order valence-electron chi connectivity index (χ0n) is 10.3. The first kappa shape index (κ1) is 12.4. The number of hydrogen-bond acceptors (Lipinski definition) is 2. The van der Waals surface area contributed by atoms with Crippen molar-refractivity contribution >= 4 is 39.2 Å². The Labute approximate surface area is 126 Å². The predicted octanol–water partition coefficient (Wildman–Crippen LogP) is 4.45.